The normalized spacial score (nSPS) is 13.2. The average Bonchev–Trinajstić information content (AvgIpc) is 3.01. The van der Waals surface area contributed by atoms with Crippen LogP contribution >= 0.6 is 10.0 Å². The molecule has 0 aliphatic rings. The molecule has 6 nitrogen and oxygen atoms in total. The summed E-state index contributed by atoms with van der Waals surface area (Å²) in [5, 5.41) is 3.11. The summed E-state index contributed by atoms with van der Waals surface area (Å²) in [4.78, 5) is 11.9. The van der Waals surface area contributed by atoms with Crippen LogP contribution in [-0.2, 0) is 23.1 Å². The van der Waals surface area contributed by atoms with E-state index in [0.717, 1.165) is 12.3 Å². The second-order valence-corrected chi connectivity index (χ2v) is 13.7. The summed E-state index contributed by atoms with van der Waals surface area (Å²) in [5.74, 6) is 2.92. The number of sulfone groups is 1. The van der Waals surface area contributed by atoms with E-state index in [-0.39, 0.29) is 27.7 Å². The third-order valence-electron chi connectivity index (χ3n) is 4.34. The van der Waals surface area contributed by atoms with Gasteiger partial charge in [-0.3, -0.25) is 4.98 Å². The Morgan fingerprint density at radius 2 is 1.77 bits per heavy atom. The van der Waals surface area contributed by atoms with Crippen LogP contribution in [-0.4, -0.2) is 52.5 Å². The van der Waals surface area contributed by atoms with Gasteiger partial charge in [-0.1, -0.05) is 12.8 Å². The van der Waals surface area contributed by atoms with Gasteiger partial charge in [-0.25, -0.2) is 18.4 Å². The largest absolute Gasteiger partial charge is 0.433 e. The van der Waals surface area contributed by atoms with E-state index in [1.54, 1.807) is 7.05 Å². The zero-order valence-electron chi connectivity index (χ0n) is 17.6. The average molecular weight is 471 g/mol. The first kappa shape index (κ1) is 23.1. The fourth-order valence-corrected chi connectivity index (χ4v) is 4.22. The molecule has 3 aromatic rings. The second-order valence-electron chi connectivity index (χ2n) is 7.59. The van der Waals surface area contributed by atoms with Crippen LogP contribution in [0, 0.1) is 11.2 Å². The van der Waals surface area contributed by atoms with Crippen molar-refractivity contribution in [1.29, 1.82) is 0 Å². The molecule has 0 N–H and O–H groups in total. The van der Waals surface area contributed by atoms with Crippen molar-refractivity contribution in [2.45, 2.75) is 18.0 Å². The van der Waals surface area contributed by atoms with Crippen molar-refractivity contribution < 1.29 is 21.6 Å². The first-order valence-electron chi connectivity index (χ1n) is 9.07. The molecule has 0 aromatic carbocycles. The number of hydrogen-bond acceptors (Lipinski definition) is 5. The van der Waals surface area contributed by atoms with Crippen molar-refractivity contribution in [2.75, 3.05) is 24.5 Å². The van der Waals surface area contributed by atoms with E-state index >= 15 is 0 Å². The lowest BCUT2D eigenvalue weighted by atomic mass is 10.2. The number of aromatic nitrogens is 4. The van der Waals surface area contributed by atoms with Gasteiger partial charge in [-0.2, -0.15) is 23.2 Å². The lowest BCUT2D eigenvalue weighted by Gasteiger charge is -2.15. The molecule has 0 amide bonds. The predicted octanol–water partition coefficient (Wildman–Crippen LogP) is 3.85. The molecule has 3 rings (SSSR count). The van der Waals surface area contributed by atoms with Gasteiger partial charge in [0.25, 0.3) is 0 Å². The maximum atomic E-state index is 13.0. The number of nitrogens with zero attached hydrogens (tertiary/aromatic N) is 4. The number of fused-ring (bicyclic) bond motifs is 1. The van der Waals surface area contributed by atoms with Gasteiger partial charge in [0.05, 0.1) is 27.9 Å². The van der Waals surface area contributed by atoms with Crippen LogP contribution < -0.4 is 0 Å². The van der Waals surface area contributed by atoms with E-state index in [1.165, 1.54) is 23.8 Å². The maximum Gasteiger partial charge on any atom is 0.433 e. The standard InChI is InChI=1S/C20H21F3N4O2S2/c1-6-31(28,29)16-9-13(7-8-30(3,4)5)11-25-18(16)19-26-14-10-17(20(21,22)23)24-12-15(14)27(19)2/h9-12H,6H2,1-5H3. The van der Waals surface area contributed by atoms with Crippen LogP contribution in [0.2, 0.25) is 0 Å². The lowest BCUT2D eigenvalue weighted by molar-refractivity contribution is -0.141. The Balaban J connectivity index is 2.25. The Kier molecular flexibility index (Phi) is 5.84. The molecule has 0 atom stereocenters. The van der Waals surface area contributed by atoms with Crippen LogP contribution in [0.15, 0.2) is 29.4 Å². The molecule has 0 fully saturated rings. The highest BCUT2D eigenvalue weighted by Gasteiger charge is 2.33. The summed E-state index contributed by atoms with van der Waals surface area (Å²) in [7, 11) is -3.27. The smallest absolute Gasteiger partial charge is 0.324 e. The van der Waals surface area contributed by atoms with E-state index in [2.05, 4.69) is 26.1 Å². The molecule has 3 heterocycles. The molecular weight excluding hydrogens is 449 g/mol. The van der Waals surface area contributed by atoms with Gasteiger partial charge >= 0.3 is 6.18 Å². The third-order valence-corrected chi connectivity index (χ3v) is 6.79. The molecule has 0 spiro atoms. The molecule has 0 aliphatic heterocycles. The Bertz CT molecular complexity index is 1330. The summed E-state index contributed by atoms with van der Waals surface area (Å²) in [5.41, 5.74) is -0.207. The van der Waals surface area contributed by atoms with E-state index in [1.807, 2.05) is 18.8 Å². The minimum absolute atomic E-state index is 0.0432. The Hall–Kier alpha value is -2.58. The summed E-state index contributed by atoms with van der Waals surface area (Å²) in [6.45, 7) is 1.51. The van der Waals surface area contributed by atoms with Gasteiger partial charge in [-0.05, 0) is 36.2 Å². The van der Waals surface area contributed by atoms with Crippen LogP contribution in [0.4, 0.5) is 13.2 Å². The molecule has 0 radical (unpaired) electrons. The summed E-state index contributed by atoms with van der Waals surface area (Å²) < 4.78 is 66.1. The van der Waals surface area contributed by atoms with Gasteiger partial charge < -0.3 is 4.57 Å². The van der Waals surface area contributed by atoms with Crippen LogP contribution in [0.25, 0.3) is 22.6 Å². The maximum absolute atomic E-state index is 13.0. The number of alkyl halides is 3. The zero-order chi connectivity index (χ0) is 23.2. The number of rotatable bonds is 3. The van der Waals surface area contributed by atoms with Crippen molar-refractivity contribution >= 4 is 30.9 Å². The first-order valence-corrected chi connectivity index (χ1v) is 13.6. The zero-order valence-corrected chi connectivity index (χ0v) is 19.2. The van der Waals surface area contributed by atoms with E-state index < -0.39 is 31.7 Å². The fraction of sp³-hybridized carbons (Fsp3) is 0.350. The molecule has 0 aliphatic carbocycles. The first-order chi connectivity index (χ1) is 14.2. The summed E-state index contributed by atoms with van der Waals surface area (Å²) in [6.07, 6.45) is 3.92. The van der Waals surface area contributed by atoms with Crippen LogP contribution in [0.5, 0.6) is 0 Å². The number of hydrogen-bond donors (Lipinski definition) is 0. The molecule has 166 valence electrons. The van der Waals surface area contributed by atoms with Crippen molar-refractivity contribution in [3.8, 4) is 22.7 Å². The van der Waals surface area contributed by atoms with Crippen molar-refractivity contribution in [1.82, 2.24) is 19.5 Å². The Labute approximate surface area is 180 Å². The highest BCUT2D eigenvalue weighted by molar-refractivity contribution is 8.35. The van der Waals surface area contributed by atoms with Crippen LogP contribution in [0.1, 0.15) is 18.2 Å². The molecule has 0 saturated carbocycles. The SMILES string of the molecule is CCS(=O)(=O)c1cc(C#CS(C)(C)C)cnc1-c1nc2cc(C(F)(F)F)ncc2n1C. The second kappa shape index (κ2) is 7.84. The molecule has 31 heavy (non-hydrogen) atoms. The minimum Gasteiger partial charge on any atom is -0.324 e. The number of imidazole rings is 1. The van der Waals surface area contributed by atoms with Gasteiger partial charge in [0.2, 0.25) is 0 Å². The highest BCUT2D eigenvalue weighted by Crippen LogP contribution is 2.34. The number of pyridine rings is 2. The van der Waals surface area contributed by atoms with Crippen molar-refractivity contribution in [3.05, 3.63) is 35.8 Å². The number of aryl methyl sites for hydroxylation is 1. The number of halogens is 3. The topological polar surface area (TPSA) is 77.7 Å². The van der Waals surface area contributed by atoms with E-state index in [9.17, 15) is 21.6 Å². The van der Waals surface area contributed by atoms with Gasteiger partial charge in [0.1, 0.15) is 11.4 Å². The van der Waals surface area contributed by atoms with Crippen molar-refractivity contribution in [2.24, 2.45) is 7.05 Å². The highest BCUT2D eigenvalue weighted by atomic mass is 32.3. The van der Waals surface area contributed by atoms with Crippen molar-refractivity contribution in [3.63, 3.8) is 0 Å². The minimum atomic E-state index is -4.61. The van der Waals surface area contributed by atoms with Gasteiger partial charge in [0.15, 0.2) is 15.7 Å². The molecular formula is C20H21F3N4O2S2. The molecule has 0 bridgehead atoms. The Morgan fingerprint density at radius 3 is 2.35 bits per heavy atom. The van der Waals surface area contributed by atoms with Crippen LogP contribution in [0.3, 0.4) is 0 Å². The summed E-state index contributed by atoms with van der Waals surface area (Å²) >= 11 is 0. The van der Waals surface area contributed by atoms with E-state index in [0.29, 0.717) is 11.1 Å². The Morgan fingerprint density at radius 1 is 1.10 bits per heavy atom. The molecule has 3 aromatic heterocycles. The summed E-state index contributed by atoms with van der Waals surface area (Å²) in [6, 6.07) is 2.27. The molecule has 0 saturated heterocycles. The fourth-order valence-electron chi connectivity index (χ4n) is 2.74. The molecule has 11 heteroatoms. The van der Waals surface area contributed by atoms with E-state index in [4.69, 9.17) is 0 Å². The monoisotopic (exact) mass is 470 g/mol. The predicted molar refractivity (Wildman–Crippen MR) is 117 cm³/mol. The van der Waals surface area contributed by atoms with Gasteiger partial charge in [-0.15, -0.1) is 0 Å². The quantitative estimate of drug-likeness (QED) is 0.544. The lowest BCUT2D eigenvalue weighted by Crippen LogP contribution is -2.09. The third kappa shape index (κ3) is 4.85. The van der Waals surface area contributed by atoms with Gasteiger partial charge in [0, 0.05) is 18.8 Å². The molecule has 0 unspecified atom stereocenters.